The number of benzene rings is 2. The van der Waals surface area contributed by atoms with E-state index >= 15 is 0 Å². The zero-order valence-corrected chi connectivity index (χ0v) is 18.4. The van der Waals surface area contributed by atoms with Crippen molar-refractivity contribution in [3.8, 4) is 22.5 Å². The van der Waals surface area contributed by atoms with Crippen LogP contribution in [-0.2, 0) is 13.0 Å². The number of imidazole rings is 1. The number of hydrogen-bond acceptors (Lipinski definition) is 5. The zero-order valence-electron chi connectivity index (χ0n) is 17.7. The highest BCUT2D eigenvalue weighted by molar-refractivity contribution is 6.31. The minimum absolute atomic E-state index is 0.586. The molecule has 0 spiro atoms. The molecule has 0 aliphatic rings. The van der Waals surface area contributed by atoms with Gasteiger partial charge in [0.15, 0.2) is 11.5 Å². The maximum atomic E-state index is 6.23. The molecule has 0 bridgehead atoms. The Bertz CT molecular complexity index is 1340. The number of nitrogens with one attached hydrogen (secondary N) is 1. The predicted molar refractivity (Wildman–Crippen MR) is 125 cm³/mol. The molecule has 5 rings (SSSR count). The number of fused-ring (bicyclic) bond motifs is 1. The second kappa shape index (κ2) is 8.88. The van der Waals surface area contributed by atoms with E-state index in [4.69, 9.17) is 16.6 Å². The second-order valence-electron chi connectivity index (χ2n) is 7.70. The minimum Gasteiger partial charge on any atom is -0.308 e. The van der Waals surface area contributed by atoms with Crippen LogP contribution in [0.25, 0.3) is 33.7 Å². The summed E-state index contributed by atoms with van der Waals surface area (Å²) in [6, 6.07) is 18.2. The van der Waals surface area contributed by atoms with Gasteiger partial charge in [0.1, 0.15) is 11.3 Å². The molecule has 160 valence electrons. The Balaban J connectivity index is 1.47. The number of nitrogens with zero attached hydrogens (tertiary/aromatic N) is 6. The minimum atomic E-state index is 0.586. The SMILES string of the molecule is CCCCc1nc2cccnc2n1Cc1ccc(-c2ccc(Cl)cc2-c2nnn[nH]2)cc1. The molecule has 0 fully saturated rings. The molecule has 0 saturated heterocycles. The van der Waals surface area contributed by atoms with Gasteiger partial charge < -0.3 is 4.57 Å². The number of halogens is 1. The summed E-state index contributed by atoms with van der Waals surface area (Å²) in [5.74, 6) is 1.67. The molecule has 3 aromatic heterocycles. The number of aromatic nitrogens is 7. The average molecular weight is 444 g/mol. The monoisotopic (exact) mass is 443 g/mol. The summed E-state index contributed by atoms with van der Waals surface area (Å²) in [7, 11) is 0. The normalized spacial score (nSPS) is 11.3. The molecule has 5 aromatic rings. The fourth-order valence-corrected chi connectivity index (χ4v) is 4.08. The van der Waals surface area contributed by atoms with Gasteiger partial charge in [-0.1, -0.05) is 55.3 Å². The third-order valence-electron chi connectivity index (χ3n) is 5.52. The third-order valence-corrected chi connectivity index (χ3v) is 5.76. The van der Waals surface area contributed by atoms with Crippen LogP contribution in [0.3, 0.4) is 0 Å². The van der Waals surface area contributed by atoms with Crippen molar-refractivity contribution in [1.29, 1.82) is 0 Å². The van der Waals surface area contributed by atoms with Gasteiger partial charge >= 0.3 is 0 Å². The molecule has 32 heavy (non-hydrogen) atoms. The van der Waals surface area contributed by atoms with Crippen LogP contribution in [0.5, 0.6) is 0 Å². The standard InChI is InChI=1S/C24H22ClN7/c1-2-3-6-22-27-21-5-4-13-26-24(21)32(22)15-16-7-9-17(10-8-16)19-12-11-18(25)14-20(19)23-28-30-31-29-23/h4-5,7-14H,2-3,6,15H2,1H3,(H,28,29,30,31). The van der Waals surface area contributed by atoms with E-state index in [1.807, 2.05) is 36.5 Å². The molecule has 3 heterocycles. The molecule has 0 saturated carbocycles. The fraction of sp³-hybridized carbons (Fsp3) is 0.208. The van der Waals surface area contributed by atoms with Gasteiger partial charge in [-0.15, -0.1) is 5.10 Å². The lowest BCUT2D eigenvalue weighted by Crippen LogP contribution is -2.06. The predicted octanol–water partition coefficient (Wildman–Crippen LogP) is 5.32. The first-order chi connectivity index (χ1) is 15.7. The van der Waals surface area contributed by atoms with Crippen LogP contribution in [-0.4, -0.2) is 35.2 Å². The molecule has 2 aromatic carbocycles. The maximum absolute atomic E-state index is 6.23. The van der Waals surface area contributed by atoms with Gasteiger partial charge in [0, 0.05) is 23.2 Å². The van der Waals surface area contributed by atoms with Gasteiger partial charge in [-0.2, -0.15) is 0 Å². The van der Waals surface area contributed by atoms with Crippen molar-refractivity contribution in [3.05, 3.63) is 77.2 Å². The van der Waals surface area contributed by atoms with Crippen molar-refractivity contribution in [2.45, 2.75) is 32.7 Å². The van der Waals surface area contributed by atoms with Crippen LogP contribution in [0.1, 0.15) is 31.2 Å². The summed E-state index contributed by atoms with van der Waals surface area (Å²) in [6.45, 7) is 2.93. The molecule has 8 heteroatoms. The summed E-state index contributed by atoms with van der Waals surface area (Å²) >= 11 is 6.23. The van der Waals surface area contributed by atoms with Gasteiger partial charge in [-0.3, -0.25) is 0 Å². The van der Waals surface area contributed by atoms with Crippen molar-refractivity contribution in [1.82, 2.24) is 35.2 Å². The number of unbranched alkanes of at least 4 members (excludes halogenated alkanes) is 1. The van der Waals surface area contributed by atoms with E-state index in [0.717, 1.165) is 59.5 Å². The summed E-state index contributed by atoms with van der Waals surface area (Å²) in [5, 5.41) is 14.9. The molecule has 0 aliphatic heterocycles. The largest absolute Gasteiger partial charge is 0.308 e. The van der Waals surface area contributed by atoms with Crippen LogP contribution >= 0.6 is 11.6 Å². The van der Waals surface area contributed by atoms with Crippen LogP contribution in [0.4, 0.5) is 0 Å². The molecule has 0 amide bonds. The number of rotatable bonds is 7. The van der Waals surface area contributed by atoms with Crippen molar-refractivity contribution in [2.24, 2.45) is 0 Å². The van der Waals surface area contributed by atoms with E-state index in [1.54, 1.807) is 0 Å². The van der Waals surface area contributed by atoms with Crippen LogP contribution in [0, 0.1) is 0 Å². The third kappa shape index (κ3) is 3.99. The first kappa shape index (κ1) is 20.3. The van der Waals surface area contributed by atoms with Crippen LogP contribution in [0.15, 0.2) is 60.8 Å². The number of pyridine rings is 1. The summed E-state index contributed by atoms with van der Waals surface area (Å²) in [6.07, 6.45) is 5.02. The second-order valence-corrected chi connectivity index (χ2v) is 8.14. The van der Waals surface area contributed by atoms with E-state index in [1.165, 1.54) is 5.56 Å². The Morgan fingerprint density at radius 3 is 2.69 bits per heavy atom. The lowest BCUT2D eigenvalue weighted by atomic mass is 9.98. The van der Waals surface area contributed by atoms with E-state index in [2.05, 4.69) is 61.4 Å². The molecule has 0 aliphatic carbocycles. The van der Waals surface area contributed by atoms with Crippen molar-refractivity contribution in [3.63, 3.8) is 0 Å². The highest BCUT2D eigenvalue weighted by atomic mass is 35.5. The van der Waals surface area contributed by atoms with E-state index < -0.39 is 0 Å². The first-order valence-corrected chi connectivity index (χ1v) is 11.0. The molecule has 0 atom stereocenters. The van der Waals surface area contributed by atoms with E-state index in [-0.39, 0.29) is 0 Å². The fourth-order valence-electron chi connectivity index (χ4n) is 3.91. The lowest BCUT2D eigenvalue weighted by molar-refractivity contribution is 0.686. The van der Waals surface area contributed by atoms with E-state index in [9.17, 15) is 0 Å². The quantitative estimate of drug-likeness (QED) is 0.367. The molecule has 0 radical (unpaired) electrons. The average Bonchev–Trinajstić information content (AvgIpc) is 3.47. The lowest BCUT2D eigenvalue weighted by Gasteiger charge is -2.11. The molecule has 1 N–H and O–H groups in total. The number of hydrogen-bond donors (Lipinski definition) is 1. The Morgan fingerprint density at radius 2 is 1.91 bits per heavy atom. The van der Waals surface area contributed by atoms with Crippen molar-refractivity contribution >= 4 is 22.8 Å². The highest BCUT2D eigenvalue weighted by Gasteiger charge is 2.14. The van der Waals surface area contributed by atoms with Gasteiger partial charge in [0.2, 0.25) is 0 Å². The van der Waals surface area contributed by atoms with Crippen molar-refractivity contribution < 1.29 is 0 Å². The number of H-pyrrole nitrogens is 1. The van der Waals surface area contributed by atoms with Crippen molar-refractivity contribution in [2.75, 3.05) is 0 Å². The molecule has 7 nitrogen and oxygen atoms in total. The highest BCUT2D eigenvalue weighted by Crippen LogP contribution is 2.32. The number of tetrazole rings is 1. The Hall–Kier alpha value is -3.58. The van der Waals surface area contributed by atoms with Gasteiger partial charge in [0.05, 0.1) is 6.54 Å². The van der Waals surface area contributed by atoms with Gasteiger partial charge in [-0.25, -0.2) is 15.1 Å². The number of aromatic amines is 1. The molecular formula is C24H22ClN7. The number of aryl methyl sites for hydroxylation is 1. The molecule has 0 unspecified atom stereocenters. The van der Waals surface area contributed by atoms with Gasteiger partial charge in [-0.05, 0) is 57.8 Å². The van der Waals surface area contributed by atoms with Crippen LogP contribution < -0.4 is 0 Å². The van der Waals surface area contributed by atoms with E-state index in [0.29, 0.717) is 10.8 Å². The Morgan fingerprint density at radius 1 is 1.03 bits per heavy atom. The van der Waals surface area contributed by atoms with Gasteiger partial charge in [0.25, 0.3) is 0 Å². The summed E-state index contributed by atoms with van der Waals surface area (Å²) in [4.78, 5) is 9.41. The zero-order chi connectivity index (χ0) is 21.9. The summed E-state index contributed by atoms with van der Waals surface area (Å²) < 4.78 is 2.23. The first-order valence-electron chi connectivity index (χ1n) is 10.7. The summed E-state index contributed by atoms with van der Waals surface area (Å²) in [5.41, 5.74) is 6.01. The topological polar surface area (TPSA) is 85.2 Å². The Labute approximate surface area is 190 Å². The molecular weight excluding hydrogens is 422 g/mol. The maximum Gasteiger partial charge on any atom is 0.180 e. The smallest absolute Gasteiger partial charge is 0.180 e. The van der Waals surface area contributed by atoms with Crippen LogP contribution in [0.2, 0.25) is 5.02 Å². The Kier molecular flexibility index (Phi) is 5.64.